The van der Waals surface area contributed by atoms with E-state index in [1.54, 1.807) is 0 Å². The zero-order valence-corrected chi connectivity index (χ0v) is 16.9. The summed E-state index contributed by atoms with van der Waals surface area (Å²) in [6, 6.07) is 11.9. The first-order valence-electron chi connectivity index (χ1n) is 9.87. The Labute approximate surface area is 174 Å². The molecule has 2 heterocycles. The van der Waals surface area contributed by atoms with Crippen LogP contribution in [0.2, 0.25) is 0 Å². The van der Waals surface area contributed by atoms with Crippen molar-refractivity contribution in [1.82, 2.24) is 9.88 Å². The van der Waals surface area contributed by atoms with Crippen LogP contribution in [0.15, 0.2) is 42.5 Å². The highest BCUT2D eigenvalue weighted by Gasteiger charge is 2.25. The number of carbonyl (C=O) groups excluding carboxylic acids is 2. The molecule has 0 radical (unpaired) electrons. The fourth-order valence-electron chi connectivity index (χ4n) is 3.84. The van der Waals surface area contributed by atoms with E-state index in [4.69, 9.17) is 4.98 Å². The zero-order valence-electron chi connectivity index (χ0n) is 16.9. The van der Waals surface area contributed by atoms with Gasteiger partial charge < -0.3 is 15.2 Å². The van der Waals surface area contributed by atoms with Crippen molar-refractivity contribution in [2.45, 2.75) is 19.9 Å². The number of nitrogens with one attached hydrogen (secondary N) is 1. The van der Waals surface area contributed by atoms with Gasteiger partial charge in [-0.3, -0.25) is 14.7 Å². The smallest absolute Gasteiger partial charge is 0.337 e. The lowest BCUT2D eigenvalue weighted by Gasteiger charge is -2.29. The quantitative estimate of drug-likeness (QED) is 0.511. The van der Waals surface area contributed by atoms with Crippen LogP contribution in [0.4, 0.5) is 5.69 Å². The van der Waals surface area contributed by atoms with Gasteiger partial charge in [0.1, 0.15) is 5.75 Å². The van der Waals surface area contributed by atoms with E-state index in [1.807, 2.05) is 24.3 Å². The number of likely N-dealkylation sites (N-methyl/N-ethyl adjacent to an activating group) is 1. The van der Waals surface area contributed by atoms with E-state index >= 15 is 0 Å². The number of benzene rings is 2. The van der Waals surface area contributed by atoms with Crippen LogP contribution in [0.1, 0.15) is 38.9 Å². The first-order valence-corrected chi connectivity index (χ1v) is 9.87. The molecular formula is C23H23N3O4. The fraction of sp³-hybridized carbons (Fsp3) is 0.261. The summed E-state index contributed by atoms with van der Waals surface area (Å²) >= 11 is 0. The van der Waals surface area contributed by atoms with Crippen molar-refractivity contribution >= 4 is 28.5 Å². The Morgan fingerprint density at radius 1 is 1.23 bits per heavy atom. The Kier molecular flexibility index (Phi) is 5.37. The molecule has 2 aromatic carbocycles. The second-order valence-corrected chi connectivity index (χ2v) is 7.23. The van der Waals surface area contributed by atoms with Gasteiger partial charge in [-0.05, 0) is 30.8 Å². The van der Waals surface area contributed by atoms with Crippen LogP contribution in [-0.4, -0.2) is 47.1 Å². The molecular weight excluding hydrogens is 382 g/mol. The molecule has 30 heavy (non-hydrogen) atoms. The molecule has 0 spiro atoms. The van der Waals surface area contributed by atoms with Crippen LogP contribution in [0, 0.1) is 0 Å². The average Bonchev–Trinajstić information content (AvgIpc) is 2.77. The number of nitrogens with zero attached hydrogens (tertiary/aromatic N) is 2. The number of ether oxygens (including phenoxy) is 1. The SMILES string of the molecule is CCN1CCc2nc3ccccc3c(C(=O)Nc3ccc(C(=O)OC)cc3O)c2C1. The predicted molar refractivity (Wildman–Crippen MR) is 114 cm³/mol. The molecule has 0 atom stereocenters. The third kappa shape index (κ3) is 3.59. The molecule has 7 nitrogen and oxygen atoms in total. The molecule has 0 bridgehead atoms. The number of aromatic nitrogens is 1. The van der Waals surface area contributed by atoms with Gasteiger partial charge in [-0.25, -0.2) is 4.79 Å². The van der Waals surface area contributed by atoms with Crippen molar-refractivity contribution < 1.29 is 19.4 Å². The standard InChI is InChI=1S/C23H23N3O4/c1-3-26-11-10-18-16(13-26)21(15-6-4-5-7-17(15)24-18)22(28)25-19-9-8-14(12-20(19)27)23(29)30-2/h4-9,12,27H,3,10-11,13H2,1-2H3,(H,25,28). The molecule has 154 valence electrons. The van der Waals surface area contributed by atoms with Gasteiger partial charge in [0.05, 0.1) is 29.4 Å². The summed E-state index contributed by atoms with van der Waals surface area (Å²) in [7, 11) is 1.27. The Morgan fingerprint density at radius 2 is 2.03 bits per heavy atom. The Bertz CT molecular complexity index is 1140. The third-order valence-corrected chi connectivity index (χ3v) is 5.47. The van der Waals surface area contributed by atoms with Gasteiger partial charge in [0.25, 0.3) is 5.91 Å². The van der Waals surface area contributed by atoms with Gasteiger partial charge in [-0.15, -0.1) is 0 Å². The molecule has 7 heteroatoms. The highest BCUT2D eigenvalue weighted by atomic mass is 16.5. The van der Waals surface area contributed by atoms with Crippen molar-refractivity contribution in [3.8, 4) is 5.75 Å². The van der Waals surface area contributed by atoms with Gasteiger partial charge in [0.15, 0.2) is 0 Å². The number of methoxy groups -OCH3 is 1. The number of hydrogen-bond donors (Lipinski definition) is 2. The number of pyridine rings is 1. The van der Waals surface area contributed by atoms with E-state index in [0.29, 0.717) is 12.1 Å². The van der Waals surface area contributed by atoms with E-state index in [1.165, 1.54) is 25.3 Å². The van der Waals surface area contributed by atoms with E-state index in [2.05, 4.69) is 21.9 Å². The van der Waals surface area contributed by atoms with E-state index in [0.717, 1.165) is 41.7 Å². The monoisotopic (exact) mass is 405 g/mol. The number of hydrogen-bond acceptors (Lipinski definition) is 6. The molecule has 1 aliphatic heterocycles. The largest absolute Gasteiger partial charge is 0.506 e. The summed E-state index contributed by atoms with van der Waals surface area (Å²) in [6.45, 7) is 4.55. The lowest BCUT2D eigenvalue weighted by molar-refractivity contribution is 0.0600. The Morgan fingerprint density at radius 3 is 2.77 bits per heavy atom. The van der Waals surface area contributed by atoms with Crippen molar-refractivity contribution in [2.75, 3.05) is 25.5 Å². The van der Waals surface area contributed by atoms with Gasteiger partial charge in [0, 0.05) is 36.2 Å². The maximum atomic E-state index is 13.4. The van der Waals surface area contributed by atoms with Gasteiger partial charge in [0.2, 0.25) is 0 Å². The number of anilines is 1. The third-order valence-electron chi connectivity index (χ3n) is 5.47. The van der Waals surface area contributed by atoms with E-state index in [9.17, 15) is 14.7 Å². The number of rotatable bonds is 4. The molecule has 3 aromatic rings. The molecule has 2 N–H and O–H groups in total. The Hall–Kier alpha value is -3.45. The summed E-state index contributed by atoms with van der Waals surface area (Å²) in [5.74, 6) is -1.07. The summed E-state index contributed by atoms with van der Waals surface area (Å²) in [6.07, 6.45) is 0.785. The summed E-state index contributed by atoms with van der Waals surface area (Å²) in [5, 5.41) is 13.9. The number of carbonyl (C=O) groups is 2. The van der Waals surface area contributed by atoms with Crippen molar-refractivity contribution in [2.24, 2.45) is 0 Å². The number of aromatic hydroxyl groups is 1. The highest BCUT2D eigenvalue weighted by Crippen LogP contribution is 2.30. The molecule has 1 aromatic heterocycles. The molecule has 1 aliphatic rings. The number of para-hydroxylation sites is 1. The lowest BCUT2D eigenvalue weighted by atomic mass is 9.95. The predicted octanol–water partition coefficient (Wildman–Crippen LogP) is 3.36. The van der Waals surface area contributed by atoms with E-state index < -0.39 is 5.97 Å². The van der Waals surface area contributed by atoms with Crippen molar-refractivity contribution in [3.63, 3.8) is 0 Å². The van der Waals surface area contributed by atoms with Gasteiger partial charge in [-0.2, -0.15) is 0 Å². The van der Waals surface area contributed by atoms with Crippen LogP contribution in [0.25, 0.3) is 10.9 Å². The van der Waals surface area contributed by atoms with Gasteiger partial charge in [-0.1, -0.05) is 25.1 Å². The summed E-state index contributed by atoms with van der Waals surface area (Å²) < 4.78 is 4.66. The highest BCUT2D eigenvalue weighted by molar-refractivity contribution is 6.14. The second kappa shape index (κ2) is 8.12. The topological polar surface area (TPSA) is 91.8 Å². The normalized spacial score (nSPS) is 13.7. The Balaban J connectivity index is 1.75. The van der Waals surface area contributed by atoms with Gasteiger partial charge >= 0.3 is 5.97 Å². The first-order chi connectivity index (χ1) is 14.5. The zero-order chi connectivity index (χ0) is 21.3. The molecule has 0 saturated heterocycles. The molecule has 1 amide bonds. The average molecular weight is 405 g/mol. The number of esters is 1. The molecule has 4 rings (SSSR count). The number of amides is 1. The minimum absolute atomic E-state index is 0.200. The van der Waals surface area contributed by atoms with Crippen LogP contribution in [0.3, 0.4) is 0 Å². The number of phenolic OH excluding ortho intramolecular Hbond substituents is 1. The maximum Gasteiger partial charge on any atom is 0.337 e. The first kappa shape index (κ1) is 19.8. The molecule has 0 saturated carbocycles. The van der Waals surface area contributed by atoms with Crippen LogP contribution in [-0.2, 0) is 17.7 Å². The molecule has 0 unspecified atom stereocenters. The van der Waals surface area contributed by atoms with Crippen molar-refractivity contribution in [1.29, 1.82) is 0 Å². The van der Waals surface area contributed by atoms with Crippen LogP contribution >= 0.6 is 0 Å². The van der Waals surface area contributed by atoms with Crippen LogP contribution < -0.4 is 5.32 Å². The van der Waals surface area contributed by atoms with E-state index in [-0.39, 0.29) is 22.9 Å². The minimum atomic E-state index is -0.558. The summed E-state index contributed by atoms with van der Waals surface area (Å²) in [5.41, 5.74) is 3.64. The van der Waals surface area contributed by atoms with Crippen LogP contribution in [0.5, 0.6) is 5.75 Å². The summed E-state index contributed by atoms with van der Waals surface area (Å²) in [4.78, 5) is 32.1. The molecule has 0 fully saturated rings. The fourth-order valence-corrected chi connectivity index (χ4v) is 3.84. The second-order valence-electron chi connectivity index (χ2n) is 7.23. The number of phenols is 1. The minimum Gasteiger partial charge on any atom is -0.506 e. The van der Waals surface area contributed by atoms with Crippen molar-refractivity contribution in [3.05, 3.63) is 64.8 Å². The lowest BCUT2D eigenvalue weighted by Crippen LogP contribution is -2.33. The maximum absolute atomic E-state index is 13.4. The number of fused-ring (bicyclic) bond motifs is 2. The molecule has 0 aliphatic carbocycles.